The van der Waals surface area contributed by atoms with E-state index < -0.39 is 0 Å². The van der Waals surface area contributed by atoms with Crippen LogP contribution in [0, 0.1) is 6.92 Å². The van der Waals surface area contributed by atoms with Crippen LogP contribution in [-0.2, 0) is 4.79 Å². The Balaban J connectivity index is 1.82. The molecule has 23 heavy (non-hydrogen) atoms. The lowest BCUT2D eigenvalue weighted by Gasteiger charge is -2.28. The van der Waals surface area contributed by atoms with Crippen molar-refractivity contribution >= 4 is 18.0 Å². The van der Waals surface area contributed by atoms with Crippen molar-refractivity contribution in [1.82, 2.24) is 10.2 Å². The molecule has 0 atom stereocenters. The minimum Gasteiger partial charge on any atom is -0.496 e. The zero-order valence-electron chi connectivity index (χ0n) is 13.6. The third-order valence-corrected chi connectivity index (χ3v) is 4.58. The van der Waals surface area contributed by atoms with Crippen molar-refractivity contribution in [2.75, 3.05) is 7.11 Å². The molecule has 2 fully saturated rings. The molecule has 122 valence electrons. The van der Waals surface area contributed by atoms with Crippen LogP contribution in [0.25, 0.3) is 6.08 Å². The average Bonchev–Trinajstić information content (AvgIpc) is 2.82. The fraction of sp³-hybridized carbons (Fsp3) is 0.444. The van der Waals surface area contributed by atoms with Crippen LogP contribution >= 0.6 is 0 Å². The number of nitrogens with zero attached hydrogens (tertiary/aromatic N) is 1. The number of methoxy groups -OCH3 is 1. The van der Waals surface area contributed by atoms with Gasteiger partial charge in [-0.3, -0.25) is 9.69 Å². The van der Waals surface area contributed by atoms with Crippen LogP contribution in [0.2, 0.25) is 0 Å². The molecule has 5 heteroatoms. The highest BCUT2D eigenvalue weighted by atomic mass is 16.5. The number of urea groups is 1. The molecule has 3 amide bonds. The molecule has 0 spiro atoms. The summed E-state index contributed by atoms with van der Waals surface area (Å²) in [5.74, 6) is 0.591. The van der Waals surface area contributed by atoms with E-state index in [2.05, 4.69) is 5.32 Å². The maximum absolute atomic E-state index is 12.6. The number of ether oxygens (including phenoxy) is 1. The molecule has 0 radical (unpaired) electrons. The second-order valence-corrected chi connectivity index (χ2v) is 6.18. The average molecular weight is 314 g/mol. The fourth-order valence-corrected chi connectivity index (χ4v) is 3.38. The number of rotatable bonds is 3. The van der Waals surface area contributed by atoms with E-state index in [-0.39, 0.29) is 18.0 Å². The van der Waals surface area contributed by atoms with Gasteiger partial charge in [0.2, 0.25) is 0 Å². The summed E-state index contributed by atoms with van der Waals surface area (Å²) in [6, 6.07) is 5.43. The highest BCUT2D eigenvalue weighted by Gasteiger charge is 2.38. The van der Waals surface area contributed by atoms with Crippen LogP contribution in [0.5, 0.6) is 5.75 Å². The summed E-state index contributed by atoms with van der Waals surface area (Å²) in [7, 11) is 1.63. The summed E-state index contributed by atoms with van der Waals surface area (Å²) in [6.07, 6.45) is 6.91. The van der Waals surface area contributed by atoms with Crippen LogP contribution in [0.3, 0.4) is 0 Å². The van der Waals surface area contributed by atoms with E-state index in [9.17, 15) is 9.59 Å². The molecule has 0 aromatic heterocycles. The van der Waals surface area contributed by atoms with Gasteiger partial charge in [0.25, 0.3) is 5.91 Å². The minimum absolute atomic E-state index is 0.0414. The molecule has 1 aliphatic heterocycles. The van der Waals surface area contributed by atoms with E-state index in [0.29, 0.717) is 5.70 Å². The van der Waals surface area contributed by atoms with Gasteiger partial charge in [-0.25, -0.2) is 4.79 Å². The first-order valence-electron chi connectivity index (χ1n) is 8.11. The van der Waals surface area contributed by atoms with Crippen molar-refractivity contribution < 1.29 is 14.3 Å². The molecule has 1 N–H and O–H groups in total. The first-order chi connectivity index (χ1) is 11.1. The fourth-order valence-electron chi connectivity index (χ4n) is 3.38. The monoisotopic (exact) mass is 314 g/mol. The van der Waals surface area contributed by atoms with Crippen molar-refractivity contribution in [3.8, 4) is 5.75 Å². The smallest absolute Gasteiger partial charge is 0.329 e. The molecule has 1 heterocycles. The number of aryl methyl sites for hydroxylation is 1. The Morgan fingerprint density at radius 2 is 1.96 bits per heavy atom. The van der Waals surface area contributed by atoms with Gasteiger partial charge in [-0.05, 0) is 49.1 Å². The molecule has 1 saturated heterocycles. The number of imide groups is 1. The van der Waals surface area contributed by atoms with E-state index in [1.807, 2.05) is 25.1 Å². The maximum atomic E-state index is 12.6. The molecular formula is C18H22N2O3. The van der Waals surface area contributed by atoms with Crippen molar-refractivity contribution in [3.05, 3.63) is 35.0 Å². The Bertz CT molecular complexity index is 660. The van der Waals surface area contributed by atoms with Crippen molar-refractivity contribution in [3.63, 3.8) is 0 Å². The van der Waals surface area contributed by atoms with Gasteiger partial charge in [-0.2, -0.15) is 0 Å². The lowest BCUT2D eigenvalue weighted by Crippen LogP contribution is -2.41. The number of nitrogens with one attached hydrogen (secondary N) is 1. The molecule has 3 rings (SSSR count). The Labute approximate surface area is 136 Å². The molecule has 1 saturated carbocycles. The topological polar surface area (TPSA) is 58.6 Å². The Hall–Kier alpha value is -2.30. The van der Waals surface area contributed by atoms with Crippen molar-refractivity contribution in [2.45, 2.75) is 45.1 Å². The Kier molecular flexibility index (Phi) is 4.37. The van der Waals surface area contributed by atoms with Gasteiger partial charge in [-0.1, -0.05) is 25.3 Å². The first kappa shape index (κ1) is 15.6. The molecular weight excluding hydrogens is 292 g/mol. The van der Waals surface area contributed by atoms with Crippen LogP contribution < -0.4 is 10.1 Å². The van der Waals surface area contributed by atoms with Gasteiger partial charge in [0.05, 0.1) is 7.11 Å². The predicted octanol–water partition coefficient (Wildman–Crippen LogP) is 3.23. The molecule has 1 aromatic rings. The van der Waals surface area contributed by atoms with Crippen LogP contribution in [0.1, 0.15) is 43.2 Å². The molecule has 0 bridgehead atoms. The van der Waals surface area contributed by atoms with E-state index in [1.165, 1.54) is 11.3 Å². The highest BCUT2D eigenvalue weighted by Crippen LogP contribution is 2.27. The second-order valence-electron chi connectivity index (χ2n) is 6.18. The maximum Gasteiger partial charge on any atom is 0.329 e. The van der Waals surface area contributed by atoms with Gasteiger partial charge in [-0.15, -0.1) is 0 Å². The molecule has 5 nitrogen and oxygen atoms in total. The number of benzene rings is 1. The van der Waals surface area contributed by atoms with Gasteiger partial charge in [0, 0.05) is 6.04 Å². The standard InChI is InChI=1S/C18H22N2O3/c1-12-10-13(8-9-16(12)23-2)11-15-17(21)20(18(22)19-15)14-6-4-3-5-7-14/h8-11,14H,3-7H2,1-2H3,(H,19,22)/b15-11-. The molecule has 1 aromatic carbocycles. The van der Waals surface area contributed by atoms with E-state index in [0.717, 1.165) is 42.6 Å². The summed E-state index contributed by atoms with van der Waals surface area (Å²) < 4.78 is 5.24. The van der Waals surface area contributed by atoms with Gasteiger partial charge in [0.15, 0.2) is 0 Å². The number of carbonyl (C=O) groups excluding carboxylic acids is 2. The molecule has 1 aliphatic carbocycles. The second kappa shape index (κ2) is 6.44. The summed E-state index contributed by atoms with van der Waals surface area (Å²) in [5.41, 5.74) is 2.21. The van der Waals surface area contributed by atoms with Crippen molar-refractivity contribution in [2.24, 2.45) is 0 Å². The van der Waals surface area contributed by atoms with Crippen LogP contribution in [-0.4, -0.2) is 30.0 Å². The van der Waals surface area contributed by atoms with Gasteiger partial charge < -0.3 is 10.1 Å². The first-order valence-corrected chi connectivity index (χ1v) is 8.11. The molecule has 0 unspecified atom stereocenters. The molecule has 2 aliphatic rings. The summed E-state index contributed by atoms with van der Waals surface area (Å²) in [5, 5.41) is 2.71. The predicted molar refractivity (Wildman–Crippen MR) is 88.0 cm³/mol. The third-order valence-electron chi connectivity index (χ3n) is 4.58. The van der Waals surface area contributed by atoms with Crippen molar-refractivity contribution in [1.29, 1.82) is 0 Å². The summed E-state index contributed by atoms with van der Waals surface area (Å²) in [6.45, 7) is 1.95. The van der Waals surface area contributed by atoms with E-state index >= 15 is 0 Å². The highest BCUT2D eigenvalue weighted by molar-refractivity contribution is 6.14. The van der Waals surface area contributed by atoms with Crippen LogP contribution in [0.4, 0.5) is 4.79 Å². The number of amides is 3. The van der Waals surface area contributed by atoms with Crippen LogP contribution in [0.15, 0.2) is 23.9 Å². The number of carbonyl (C=O) groups is 2. The summed E-state index contributed by atoms with van der Waals surface area (Å²) in [4.78, 5) is 26.2. The third kappa shape index (κ3) is 3.09. The normalized spacial score (nSPS) is 21.0. The minimum atomic E-state index is -0.293. The lowest BCUT2D eigenvalue weighted by atomic mass is 9.94. The number of hydrogen-bond donors (Lipinski definition) is 1. The van der Waals surface area contributed by atoms with E-state index in [4.69, 9.17) is 4.74 Å². The number of hydrogen-bond acceptors (Lipinski definition) is 3. The lowest BCUT2D eigenvalue weighted by molar-refractivity contribution is -0.124. The Morgan fingerprint density at radius 1 is 1.22 bits per heavy atom. The zero-order chi connectivity index (χ0) is 16.4. The largest absolute Gasteiger partial charge is 0.496 e. The van der Waals surface area contributed by atoms with Gasteiger partial charge in [0.1, 0.15) is 11.4 Å². The van der Waals surface area contributed by atoms with Gasteiger partial charge >= 0.3 is 6.03 Å². The SMILES string of the molecule is COc1ccc(/C=C2\NC(=O)N(C3CCCCC3)C2=O)cc1C. The zero-order valence-corrected chi connectivity index (χ0v) is 13.6. The summed E-state index contributed by atoms with van der Waals surface area (Å²) >= 11 is 0. The quantitative estimate of drug-likeness (QED) is 0.688. The van der Waals surface area contributed by atoms with E-state index in [1.54, 1.807) is 13.2 Å². The Morgan fingerprint density at radius 3 is 2.61 bits per heavy atom.